The van der Waals surface area contributed by atoms with Crippen molar-refractivity contribution in [3.63, 3.8) is 0 Å². The lowest BCUT2D eigenvalue weighted by Gasteiger charge is -2.34. The summed E-state index contributed by atoms with van der Waals surface area (Å²) in [4.78, 5) is 13.0. The normalized spacial score (nSPS) is 28.0. The highest BCUT2D eigenvalue weighted by Crippen LogP contribution is 2.40. The van der Waals surface area contributed by atoms with Crippen LogP contribution in [0.3, 0.4) is 0 Å². The van der Waals surface area contributed by atoms with Crippen molar-refractivity contribution in [3.8, 4) is 0 Å². The van der Waals surface area contributed by atoms with E-state index in [-0.39, 0.29) is 5.92 Å². The summed E-state index contributed by atoms with van der Waals surface area (Å²) in [6.45, 7) is 2.72. The van der Waals surface area contributed by atoms with Crippen LogP contribution in [0.1, 0.15) is 32.6 Å². The Bertz CT molecular complexity index is 305. The molecule has 2 rings (SSSR count). The molecule has 0 aromatic heterocycles. The summed E-state index contributed by atoms with van der Waals surface area (Å²) in [5, 5.41) is 9.49. The smallest absolute Gasteiger partial charge is 0.350 e. The Morgan fingerprint density at radius 1 is 1.41 bits per heavy atom. The summed E-state index contributed by atoms with van der Waals surface area (Å²) in [5.41, 5.74) is 0. The Hall–Kier alpha value is -0.710. The summed E-state index contributed by atoms with van der Waals surface area (Å²) >= 11 is 0. The number of carbonyl (C=O) groups excluding carboxylic acids is 1. The molecule has 1 saturated carbocycles. The van der Waals surface area contributed by atoms with Crippen molar-refractivity contribution in [2.75, 3.05) is 13.1 Å². The molecule has 1 aliphatic carbocycles. The van der Waals surface area contributed by atoms with Crippen LogP contribution in [0, 0.1) is 11.8 Å². The van der Waals surface area contributed by atoms with Crippen LogP contribution in [0.25, 0.3) is 0 Å². The van der Waals surface area contributed by atoms with Crippen LogP contribution in [0.4, 0.5) is 8.78 Å². The second-order valence-electron chi connectivity index (χ2n) is 5.40. The van der Waals surface area contributed by atoms with E-state index in [1.165, 1.54) is 4.90 Å². The van der Waals surface area contributed by atoms with Crippen LogP contribution in [0.2, 0.25) is 0 Å². The number of amides is 1. The van der Waals surface area contributed by atoms with Gasteiger partial charge in [0.25, 0.3) is 5.91 Å². The number of rotatable bonds is 3. The van der Waals surface area contributed by atoms with Gasteiger partial charge < -0.3 is 10.0 Å². The van der Waals surface area contributed by atoms with Gasteiger partial charge in [-0.3, -0.25) is 4.79 Å². The fourth-order valence-corrected chi connectivity index (χ4v) is 2.42. The zero-order chi connectivity index (χ0) is 12.6. The van der Waals surface area contributed by atoms with Gasteiger partial charge in [-0.2, -0.15) is 8.78 Å². The third-order valence-corrected chi connectivity index (χ3v) is 3.67. The molecule has 3 nitrogen and oxygen atoms in total. The highest BCUT2D eigenvalue weighted by atomic mass is 19.3. The standard InChI is InChI=1S/C12H19F2NO2/c1-8-3-2-6-15(7-8)11(17)12(13,14)10(16)9-4-5-9/h8-10,16H,2-7H2,1H3. The Morgan fingerprint density at radius 3 is 2.59 bits per heavy atom. The molecule has 1 heterocycles. The number of likely N-dealkylation sites (tertiary alicyclic amines) is 1. The van der Waals surface area contributed by atoms with Gasteiger partial charge in [-0.25, -0.2) is 0 Å². The van der Waals surface area contributed by atoms with E-state index >= 15 is 0 Å². The molecule has 0 bridgehead atoms. The molecule has 1 aliphatic heterocycles. The van der Waals surface area contributed by atoms with Crippen molar-refractivity contribution in [3.05, 3.63) is 0 Å². The second kappa shape index (κ2) is 4.52. The van der Waals surface area contributed by atoms with Crippen molar-refractivity contribution in [1.29, 1.82) is 0 Å². The molecule has 5 heteroatoms. The maximum absolute atomic E-state index is 13.8. The van der Waals surface area contributed by atoms with E-state index in [1.54, 1.807) is 0 Å². The van der Waals surface area contributed by atoms with E-state index in [4.69, 9.17) is 0 Å². The average molecular weight is 247 g/mol. The average Bonchev–Trinajstić information content (AvgIpc) is 3.10. The van der Waals surface area contributed by atoms with E-state index in [9.17, 15) is 18.7 Å². The number of halogens is 2. The molecule has 1 amide bonds. The largest absolute Gasteiger partial charge is 0.386 e. The second-order valence-corrected chi connectivity index (χ2v) is 5.40. The third kappa shape index (κ3) is 2.59. The van der Waals surface area contributed by atoms with Gasteiger partial charge in [0.05, 0.1) is 0 Å². The summed E-state index contributed by atoms with van der Waals surface area (Å²) in [6.07, 6.45) is 1.14. The Labute approximate surface area is 99.8 Å². The highest BCUT2D eigenvalue weighted by molar-refractivity contribution is 5.84. The minimum absolute atomic E-state index is 0.265. The van der Waals surface area contributed by atoms with E-state index in [2.05, 4.69) is 0 Å². The van der Waals surface area contributed by atoms with Gasteiger partial charge in [0.1, 0.15) is 6.10 Å². The molecule has 2 aliphatic rings. The minimum Gasteiger partial charge on any atom is -0.386 e. The first kappa shape index (κ1) is 12.7. The fraction of sp³-hybridized carbons (Fsp3) is 0.917. The number of carbonyl (C=O) groups is 1. The van der Waals surface area contributed by atoms with Crippen molar-refractivity contribution in [2.45, 2.75) is 44.6 Å². The Kier molecular flexibility index (Phi) is 3.39. The predicted molar refractivity (Wildman–Crippen MR) is 58.7 cm³/mol. The van der Waals surface area contributed by atoms with E-state index < -0.39 is 23.9 Å². The molecular weight excluding hydrogens is 228 g/mol. The lowest BCUT2D eigenvalue weighted by molar-refractivity contribution is -0.178. The first-order valence-corrected chi connectivity index (χ1v) is 6.28. The molecule has 2 atom stereocenters. The summed E-state index contributed by atoms with van der Waals surface area (Å²) in [6, 6.07) is 0. The SMILES string of the molecule is CC1CCCN(C(=O)C(F)(F)C(O)C2CC2)C1. The zero-order valence-corrected chi connectivity index (χ0v) is 10.0. The lowest BCUT2D eigenvalue weighted by atomic mass is 9.98. The van der Waals surface area contributed by atoms with Crippen molar-refractivity contribution < 1.29 is 18.7 Å². The summed E-state index contributed by atoms with van der Waals surface area (Å²) in [5.74, 6) is -4.93. The Morgan fingerprint density at radius 2 is 2.06 bits per heavy atom. The maximum Gasteiger partial charge on any atom is 0.350 e. The molecule has 2 unspecified atom stereocenters. The number of nitrogens with zero attached hydrogens (tertiary/aromatic N) is 1. The van der Waals surface area contributed by atoms with Crippen LogP contribution in [0.15, 0.2) is 0 Å². The molecule has 0 aromatic carbocycles. The van der Waals surface area contributed by atoms with Gasteiger partial charge in [-0.1, -0.05) is 6.92 Å². The number of hydrogen-bond donors (Lipinski definition) is 1. The van der Waals surface area contributed by atoms with Gasteiger partial charge in [-0.15, -0.1) is 0 Å². The van der Waals surface area contributed by atoms with E-state index in [0.29, 0.717) is 25.9 Å². The first-order valence-electron chi connectivity index (χ1n) is 6.28. The predicted octanol–water partition coefficient (Wildman–Crippen LogP) is 1.65. The third-order valence-electron chi connectivity index (χ3n) is 3.67. The first-order chi connectivity index (χ1) is 7.93. The molecule has 1 saturated heterocycles. The van der Waals surface area contributed by atoms with Gasteiger partial charge >= 0.3 is 5.92 Å². The van der Waals surface area contributed by atoms with Gasteiger partial charge in [0.2, 0.25) is 0 Å². The van der Waals surface area contributed by atoms with Crippen molar-refractivity contribution >= 4 is 5.91 Å². The quantitative estimate of drug-likeness (QED) is 0.823. The van der Waals surface area contributed by atoms with Crippen molar-refractivity contribution in [1.82, 2.24) is 4.90 Å². The Balaban J connectivity index is 2.01. The van der Waals surface area contributed by atoms with Crippen LogP contribution < -0.4 is 0 Å². The van der Waals surface area contributed by atoms with Crippen LogP contribution in [0.5, 0.6) is 0 Å². The van der Waals surface area contributed by atoms with Gasteiger partial charge in [0.15, 0.2) is 0 Å². The maximum atomic E-state index is 13.8. The molecule has 2 fully saturated rings. The topological polar surface area (TPSA) is 40.5 Å². The molecule has 17 heavy (non-hydrogen) atoms. The zero-order valence-electron chi connectivity index (χ0n) is 10.0. The number of alkyl halides is 2. The minimum atomic E-state index is -3.61. The van der Waals surface area contributed by atoms with Crippen LogP contribution in [-0.4, -0.2) is 41.0 Å². The molecular formula is C12H19F2NO2. The lowest BCUT2D eigenvalue weighted by Crippen LogP contribution is -2.53. The molecule has 0 aromatic rings. The molecule has 98 valence electrons. The van der Waals surface area contributed by atoms with Gasteiger partial charge in [-0.05, 0) is 37.5 Å². The van der Waals surface area contributed by atoms with E-state index in [0.717, 1.165) is 12.8 Å². The summed E-state index contributed by atoms with van der Waals surface area (Å²) < 4.78 is 27.5. The molecule has 0 spiro atoms. The van der Waals surface area contributed by atoms with Crippen LogP contribution >= 0.6 is 0 Å². The molecule has 1 N–H and O–H groups in total. The number of aliphatic hydroxyl groups excluding tert-OH is 1. The van der Waals surface area contributed by atoms with E-state index in [1.807, 2.05) is 6.92 Å². The summed E-state index contributed by atoms with van der Waals surface area (Å²) in [7, 11) is 0. The van der Waals surface area contributed by atoms with Gasteiger partial charge in [0, 0.05) is 13.1 Å². The number of piperidine rings is 1. The number of hydrogen-bond acceptors (Lipinski definition) is 2. The fourth-order valence-electron chi connectivity index (χ4n) is 2.42. The monoisotopic (exact) mass is 247 g/mol. The van der Waals surface area contributed by atoms with Crippen LogP contribution in [-0.2, 0) is 4.79 Å². The highest BCUT2D eigenvalue weighted by Gasteiger charge is 2.54. The van der Waals surface area contributed by atoms with Crippen molar-refractivity contribution in [2.24, 2.45) is 11.8 Å². The number of aliphatic hydroxyl groups is 1. The molecule has 0 radical (unpaired) electrons.